The van der Waals surface area contributed by atoms with E-state index in [1.807, 2.05) is 12.1 Å². The Morgan fingerprint density at radius 1 is 0.964 bits per heavy atom. The summed E-state index contributed by atoms with van der Waals surface area (Å²) >= 11 is 0. The third-order valence-corrected chi connectivity index (χ3v) is 5.08. The largest absolute Gasteiger partial charge is 0.497 e. The van der Waals surface area contributed by atoms with E-state index in [-0.39, 0.29) is 30.0 Å². The number of methoxy groups -OCH3 is 1. The summed E-state index contributed by atoms with van der Waals surface area (Å²) in [5, 5.41) is 0. The first-order valence-corrected chi connectivity index (χ1v) is 9.59. The number of rotatable bonds is 8. The van der Waals surface area contributed by atoms with Crippen LogP contribution in [0.4, 0.5) is 0 Å². The quantitative estimate of drug-likeness (QED) is 0.508. The van der Waals surface area contributed by atoms with Crippen molar-refractivity contribution in [3.63, 3.8) is 0 Å². The van der Waals surface area contributed by atoms with Crippen LogP contribution in [0, 0.1) is 5.41 Å². The van der Waals surface area contributed by atoms with Crippen molar-refractivity contribution in [2.45, 2.75) is 32.1 Å². The van der Waals surface area contributed by atoms with Gasteiger partial charge in [0.25, 0.3) is 0 Å². The molecular weight excluding hydrogens is 352 g/mol. The topological polar surface area (TPSA) is 52.6 Å². The highest BCUT2D eigenvalue weighted by atomic mass is 16.5. The number of carbonyl (C=O) groups excluding carboxylic acids is 2. The lowest BCUT2D eigenvalue weighted by Gasteiger charge is -2.27. The number of carbonyl (C=O) groups is 2. The average Bonchev–Trinajstić information content (AvgIpc) is 3.09. The summed E-state index contributed by atoms with van der Waals surface area (Å²) in [4.78, 5) is 23.4. The molecule has 4 nitrogen and oxygen atoms in total. The van der Waals surface area contributed by atoms with Gasteiger partial charge in [-0.3, -0.25) is 9.59 Å². The number of ketones is 1. The van der Waals surface area contributed by atoms with E-state index < -0.39 is 0 Å². The summed E-state index contributed by atoms with van der Waals surface area (Å²) < 4.78 is 10.5. The fourth-order valence-corrected chi connectivity index (χ4v) is 3.74. The Balaban J connectivity index is 1.74. The van der Waals surface area contributed by atoms with E-state index in [1.54, 1.807) is 6.08 Å². The van der Waals surface area contributed by atoms with Crippen LogP contribution in [0.1, 0.15) is 30.4 Å². The molecule has 1 aliphatic heterocycles. The third-order valence-electron chi connectivity index (χ3n) is 5.08. The lowest BCUT2D eigenvalue weighted by atomic mass is 9.75. The van der Waals surface area contributed by atoms with Crippen LogP contribution in [0.3, 0.4) is 0 Å². The van der Waals surface area contributed by atoms with E-state index in [0.717, 1.165) is 12.8 Å². The second kappa shape index (κ2) is 9.36. The molecule has 2 aromatic carbocycles. The molecule has 0 bridgehead atoms. The van der Waals surface area contributed by atoms with Gasteiger partial charge in [0.2, 0.25) is 0 Å². The molecule has 0 amide bonds. The summed E-state index contributed by atoms with van der Waals surface area (Å²) in [6, 6.07) is 20.8. The molecule has 1 saturated heterocycles. The maximum atomic E-state index is 12.2. The molecule has 146 valence electrons. The van der Waals surface area contributed by atoms with Gasteiger partial charge in [-0.15, -0.1) is 0 Å². The molecule has 0 unspecified atom stereocenters. The normalized spacial score (nSPS) is 16.5. The Kier molecular flexibility index (Phi) is 6.64. The van der Waals surface area contributed by atoms with Gasteiger partial charge in [0.15, 0.2) is 5.78 Å². The summed E-state index contributed by atoms with van der Waals surface area (Å²) in [6.45, 7) is 0.576. The standard InChI is InChI=1S/C24H26O4/c1-27-23(26)13-12-21(25)14-22-17-24(18-28-22,15-19-8-4-2-5-9-19)16-20-10-6-3-7-11-20/h2-11,14H,12-13,15-18H2,1H3/b22-14-. The Labute approximate surface area is 166 Å². The highest BCUT2D eigenvalue weighted by Crippen LogP contribution is 2.41. The van der Waals surface area contributed by atoms with Crippen molar-refractivity contribution in [1.29, 1.82) is 0 Å². The van der Waals surface area contributed by atoms with Crippen LogP contribution in [0.25, 0.3) is 0 Å². The molecule has 0 radical (unpaired) electrons. The summed E-state index contributed by atoms with van der Waals surface area (Å²) in [5.74, 6) is 0.235. The van der Waals surface area contributed by atoms with E-state index in [9.17, 15) is 9.59 Å². The third kappa shape index (κ3) is 5.56. The fraction of sp³-hybridized carbons (Fsp3) is 0.333. The van der Waals surface area contributed by atoms with Gasteiger partial charge in [-0.1, -0.05) is 60.7 Å². The highest BCUT2D eigenvalue weighted by Gasteiger charge is 2.38. The number of hydrogen-bond donors (Lipinski definition) is 0. The lowest BCUT2D eigenvalue weighted by Crippen LogP contribution is -2.27. The van der Waals surface area contributed by atoms with Crippen LogP contribution in [0.15, 0.2) is 72.5 Å². The van der Waals surface area contributed by atoms with Gasteiger partial charge in [-0.05, 0) is 24.0 Å². The van der Waals surface area contributed by atoms with E-state index in [4.69, 9.17) is 4.74 Å². The molecule has 3 rings (SSSR count). The summed E-state index contributed by atoms with van der Waals surface area (Å²) in [5.41, 5.74) is 2.44. The monoisotopic (exact) mass is 378 g/mol. The van der Waals surface area contributed by atoms with Gasteiger partial charge in [0.05, 0.1) is 20.1 Å². The predicted octanol–water partition coefficient (Wildman–Crippen LogP) is 4.28. The van der Waals surface area contributed by atoms with Crippen molar-refractivity contribution in [2.24, 2.45) is 5.41 Å². The zero-order valence-electron chi connectivity index (χ0n) is 16.2. The Bertz CT molecular complexity index is 783. The Morgan fingerprint density at radius 3 is 2.07 bits per heavy atom. The van der Waals surface area contributed by atoms with Gasteiger partial charge in [-0.2, -0.15) is 0 Å². The number of ether oxygens (including phenoxy) is 2. The van der Waals surface area contributed by atoms with Crippen molar-refractivity contribution >= 4 is 11.8 Å². The number of hydrogen-bond acceptors (Lipinski definition) is 4. The van der Waals surface area contributed by atoms with E-state index in [2.05, 4.69) is 53.3 Å². The molecule has 4 heteroatoms. The SMILES string of the molecule is COC(=O)CCC(=O)/C=C1/CC(Cc2ccccc2)(Cc2ccccc2)CO1. The highest BCUT2D eigenvalue weighted by molar-refractivity contribution is 5.92. The molecule has 1 fully saturated rings. The minimum Gasteiger partial charge on any atom is -0.497 e. The fourth-order valence-electron chi connectivity index (χ4n) is 3.74. The van der Waals surface area contributed by atoms with Gasteiger partial charge in [0.1, 0.15) is 5.76 Å². The molecule has 0 saturated carbocycles. The average molecular weight is 378 g/mol. The molecule has 28 heavy (non-hydrogen) atoms. The minimum atomic E-state index is -0.374. The second-order valence-corrected chi connectivity index (χ2v) is 7.44. The molecule has 2 aromatic rings. The molecule has 1 heterocycles. The van der Waals surface area contributed by atoms with Gasteiger partial charge >= 0.3 is 5.97 Å². The number of benzene rings is 2. The molecule has 0 spiro atoms. The molecule has 0 atom stereocenters. The Hall–Kier alpha value is -2.88. The number of esters is 1. The van der Waals surface area contributed by atoms with Crippen LogP contribution in [-0.4, -0.2) is 25.5 Å². The van der Waals surface area contributed by atoms with Gasteiger partial charge < -0.3 is 9.47 Å². The molecule has 0 aromatic heterocycles. The van der Waals surface area contributed by atoms with Crippen LogP contribution in [0.2, 0.25) is 0 Å². The van der Waals surface area contributed by atoms with Crippen LogP contribution in [-0.2, 0) is 31.9 Å². The van der Waals surface area contributed by atoms with E-state index in [1.165, 1.54) is 18.2 Å². The maximum absolute atomic E-state index is 12.2. The second-order valence-electron chi connectivity index (χ2n) is 7.44. The minimum absolute atomic E-state index is 0.0861. The molecule has 0 aliphatic carbocycles. The summed E-state index contributed by atoms with van der Waals surface area (Å²) in [7, 11) is 1.33. The van der Waals surface area contributed by atoms with E-state index in [0.29, 0.717) is 18.8 Å². The Morgan fingerprint density at radius 2 is 1.54 bits per heavy atom. The van der Waals surface area contributed by atoms with Crippen molar-refractivity contribution in [1.82, 2.24) is 0 Å². The van der Waals surface area contributed by atoms with Crippen molar-refractivity contribution < 1.29 is 19.1 Å². The number of allylic oxidation sites excluding steroid dienone is 2. The van der Waals surface area contributed by atoms with Crippen LogP contribution < -0.4 is 0 Å². The van der Waals surface area contributed by atoms with Crippen molar-refractivity contribution in [3.05, 3.63) is 83.6 Å². The predicted molar refractivity (Wildman–Crippen MR) is 108 cm³/mol. The zero-order chi connectivity index (χ0) is 19.8. The van der Waals surface area contributed by atoms with Gasteiger partial charge in [0, 0.05) is 24.3 Å². The van der Waals surface area contributed by atoms with Crippen LogP contribution in [0.5, 0.6) is 0 Å². The van der Waals surface area contributed by atoms with Crippen molar-refractivity contribution in [3.8, 4) is 0 Å². The van der Waals surface area contributed by atoms with Crippen LogP contribution >= 0.6 is 0 Å². The van der Waals surface area contributed by atoms with E-state index >= 15 is 0 Å². The lowest BCUT2D eigenvalue weighted by molar-refractivity contribution is -0.141. The molecule has 0 N–H and O–H groups in total. The summed E-state index contributed by atoms with van der Waals surface area (Å²) in [6.07, 6.45) is 4.27. The molecular formula is C24H26O4. The van der Waals surface area contributed by atoms with Crippen molar-refractivity contribution in [2.75, 3.05) is 13.7 Å². The smallest absolute Gasteiger partial charge is 0.305 e. The maximum Gasteiger partial charge on any atom is 0.305 e. The zero-order valence-corrected chi connectivity index (χ0v) is 16.2. The first kappa shape index (κ1) is 19.9. The molecule has 1 aliphatic rings. The van der Waals surface area contributed by atoms with Gasteiger partial charge in [-0.25, -0.2) is 0 Å². The first-order chi connectivity index (χ1) is 13.6. The first-order valence-electron chi connectivity index (χ1n) is 9.59.